The largest absolute Gasteiger partial charge is 0.573 e. The number of rotatable bonds is 6. The van der Waals surface area contributed by atoms with Crippen LogP contribution >= 0.6 is 0 Å². The minimum atomic E-state index is -4.86. The molecule has 0 atom stereocenters. The number of carbonyl (C=O) groups excluding carboxylic acids is 2. The van der Waals surface area contributed by atoms with E-state index in [1.807, 2.05) is 0 Å². The van der Waals surface area contributed by atoms with Gasteiger partial charge in [0.15, 0.2) is 6.61 Å². The Morgan fingerprint density at radius 3 is 2.48 bits per heavy atom. The third-order valence-corrected chi connectivity index (χ3v) is 3.42. The van der Waals surface area contributed by atoms with Gasteiger partial charge in [-0.25, -0.2) is 9.18 Å². The van der Waals surface area contributed by atoms with Crippen LogP contribution in [0.5, 0.6) is 5.75 Å². The Labute approximate surface area is 151 Å². The summed E-state index contributed by atoms with van der Waals surface area (Å²) in [6.07, 6.45) is -4.86. The summed E-state index contributed by atoms with van der Waals surface area (Å²) >= 11 is 0. The molecule has 0 spiro atoms. The number of halogens is 4. The molecule has 0 aliphatic heterocycles. The number of hydrogen-bond donors (Lipinski definition) is 1. The Morgan fingerprint density at radius 1 is 1.11 bits per heavy atom. The second kappa shape index (κ2) is 8.52. The molecule has 1 N–H and O–H groups in total. The summed E-state index contributed by atoms with van der Waals surface area (Å²) in [6.45, 7) is 0.594. The molecule has 0 saturated heterocycles. The maximum atomic E-state index is 13.4. The van der Waals surface area contributed by atoms with E-state index >= 15 is 0 Å². The summed E-state index contributed by atoms with van der Waals surface area (Å²) in [5, 5.41) is 2.31. The Kier molecular flexibility index (Phi) is 6.38. The molecule has 27 heavy (non-hydrogen) atoms. The second-order valence-electron chi connectivity index (χ2n) is 5.47. The average Bonchev–Trinajstić information content (AvgIpc) is 2.60. The lowest BCUT2D eigenvalue weighted by Gasteiger charge is -2.13. The van der Waals surface area contributed by atoms with Gasteiger partial charge in [0, 0.05) is 12.1 Å². The quantitative estimate of drug-likeness (QED) is 0.611. The topological polar surface area (TPSA) is 64.6 Å². The summed E-state index contributed by atoms with van der Waals surface area (Å²) in [6, 6.07) is 9.03. The molecule has 5 nitrogen and oxygen atoms in total. The van der Waals surface area contributed by atoms with Crippen molar-refractivity contribution in [3.8, 4) is 5.75 Å². The number of hydrogen-bond acceptors (Lipinski definition) is 4. The fraction of sp³-hybridized carbons (Fsp3) is 0.222. The van der Waals surface area contributed by atoms with Crippen molar-refractivity contribution in [2.45, 2.75) is 19.8 Å². The molecule has 0 aliphatic rings. The van der Waals surface area contributed by atoms with Gasteiger partial charge in [-0.3, -0.25) is 4.79 Å². The minimum Gasteiger partial charge on any atom is -0.452 e. The van der Waals surface area contributed by atoms with E-state index in [1.54, 1.807) is 0 Å². The molecule has 2 aromatic carbocycles. The van der Waals surface area contributed by atoms with Gasteiger partial charge < -0.3 is 14.8 Å². The highest BCUT2D eigenvalue weighted by Gasteiger charge is 2.32. The first-order chi connectivity index (χ1) is 12.7. The van der Waals surface area contributed by atoms with Gasteiger partial charge in [-0.1, -0.05) is 24.3 Å². The molecule has 0 fully saturated rings. The van der Waals surface area contributed by atoms with Crippen molar-refractivity contribution in [1.29, 1.82) is 0 Å². The van der Waals surface area contributed by atoms with E-state index in [0.29, 0.717) is 5.56 Å². The standard InChI is InChI=1S/C18H15F4NO4/c1-11-6-7-12(8-14(11)19)17(25)26-10-16(24)23-9-13-4-2-3-5-15(13)27-18(20,21)22/h2-8H,9-10H2,1H3,(H,23,24). The molecule has 0 aliphatic carbocycles. The molecule has 0 bridgehead atoms. The predicted molar refractivity (Wildman–Crippen MR) is 86.4 cm³/mol. The van der Waals surface area contributed by atoms with Gasteiger partial charge in [0.05, 0.1) is 5.56 Å². The Hall–Kier alpha value is -3.10. The maximum Gasteiger partial charge on any atom is 0.573 e. The van der Waals surface area contributed by atoms with Gasteiger partial charge in [0.1, 0.15) is 11.6 Å². The molecule has 0 heterocycles. The van der Waals surface area contributed by atoms with Gasteiger partial charge in [0.2, 0.25) is 0 Å². The van der Waals surface area contributed by atoms with E-state index in [9.17, 15) is 27.2 Å². The number of alkyl halides is 3. The van der Waals surface area contributed by atoms with Crippen molar-refractivity contribution in [3.63, 3.8) is 0 Å². The molecule has 0 radical (unpaired) electrons. The number of aryl methyl sites for hydroxylation is 1. The van der Waals surface area contributed by atoms with E-state index in [-0.39, 0.29) is 17.7 Å². The Morgan fingerprint density at radius 2 is 1.81 bits per heavy atom. The first kappa shape index (κ1) is 20.2. The van der Waals surface area contributed by atoms with E-state index in [1.165, 1.54) is 37.3 Å². The summed E-state index contributed by atoms with van der Waals surface area (Å²) in [5.41, 5.74) is 0.383. The van der Waals surface area contributed by atoms with Crippen molar-refractivity contribution in [2.75, 3.05) is 6.61 Å². The van der Waals surface area contributed by atoms with Crippen LogP contribution < -0.4 is 10.1 Å². The lowest BCUT2D eigenvalue weighted by Crippen LogP contribution is -2.29. The van der Waals surface area contributed by atoms with Gasteiger partial charge in [-0.15, -0.1) is 13.2 Å². The molecule has 0 unspecified atom stereocenters. The van der Waals surface area contributed by atoms with Crippen molar-refractivity contribution in [1.82, 2.24) is 5.32 Å². The summed E-state index contributed by atoms with van der Waals surface area (Å²) in [4.78, 5) is 23.5. The van der Waals surface area contributed by atoms with E-state index < -0.39 is 36.4 Å². The van der Waals surface area contributed by atoms with E-state index in [0.717, 1.165) is 12.1 Å². The van der Waals surface area contributed by atoms with Gasteiger partial charge in [-0.2, -0.15) is 0 Å². The van der Waals surface area contributed by atoms with Crippen LogP contribution in [0.15, 0.2) is 42.5 Å². The fourth-order valence-electron chi connectivity index (χ4n) is 2.05. The van der Waals surface area contributed by atoms with Crippen LogP contribution in [-0.2, 0) is 16.1 Å². The van der Waals surface area contributed by atoms with Gasteiger partial charge >= 0.3 is 12.3 Å². The van der Waals surface area contributed by atoms with Gasteiger partial charge in [-0.05, 0) is 30.7 Å². The molecule has 2 rings (SSSR count). The number of para-hydroxylation sites is 1. The number of benzene rings is 2. The minimum absolute atomic E-state index is 0.0603. The average molecular weight is 385 g/mol. The van der Waals surface area contributed by atoms with Gasteiger partial charge in [0.25, 0.3) is 5.91 Å². The highest BCUT2D eigenvalue weighted by Crippen LogP contribution is 2.26. The molecule has 144 valence electrons. The SMILES string of the molecule is Cc1ccc(C(=O)OCC(=O)NCc2ccccc2OC(F)(F)F)cc1F. The van der Waals surface area contributed by atoms with E-state index in [2.05, 4.69) is 10.1 Å². The first-order valence-corrected chi connectivity index (χ1v) is 7.69. The number of nitrogens with one attached hydrogen (secondary N) is 1. The number of ether oxygens (including phenoxy) is 2. The molecule has 0 saturated carbocycles. The molecule has 0 aromatic heterocycles. The zero-order valence-electron chi connectivity index (χ0n) is 14.1. The summed E-state index contributed by atoms with van der Waals surface area (Å²) in [7, 11) is 0. The predicted octanol–water partition coefficient (Wildman–Crippen LogP) is 3.51. The highest BCUT2D eigenvalue weighted by molar-refractivity contribution is 5.91. The normalized spacial score (nSPS) is 11.0. The zero-order valence-corrected chi connectivity index (χ0v) is 14.1. The van der Waals surface area contributed by atoms with Crippen molar-refractivity contribution in [2.24, 2.45) is 0 Å². The number of esters is 1. The van der Waals surface area contributed by atoms with Crippen molar-refractivity contribution >= 4 is 11.9 Å². The van der Waals surface area contributed by atoms with Crippen LogP contribution in [0.2, 0.25) is 0 Å². The van der Waals surface area contributed by atoms with Crippen LogP contribution in [0.1, 0.15) is 21.5 Å². The highest BCUT2D eigenvalue weighted by atomic mass is 19.4. The van der Waals surface area contributed by atoms with Crippen LogP contribution in [0.25, 0.3) is 0 Å². The third kappa shape index (κ3) is 6.28. The lowest BCUT2D eigenvalue weighted by molar-refractivity contribution is -0.274. The fourth-order valence-corrected chi connectivity index (χ4v) is 2.05. The Bertz CT molecular complexity index is 836. The summed E-state index contributed by atoms with van der Waals surface area (Å²) in [5.74, 6) is -2.67. The lowest BCUT2D eigenvalue weighted by atomic mass is 10.1. The number of carbonyl (C=O) groups is 2. The zero-order chi connectivity index (χ0) is 20.0. The van der Waals surface area contributed by atoms with Crippen LogP contribution in [-0.4, -0.2) is 24.8 Å². The molecule has 2 aromatic rings. The molecule has 1 amide bonds. The molecular formula is C18H15F4NO4. The number of amides is 1. The summed E-state index contributed by atoms with van der Waals surface area (Å²) < 4.78 is 59.1. The third-order valence-electron chi connectivity index (χ3n) is 3.42. The first-order valence-electron chi connectivity index (χ1n) is 7.69. The van der Waals surface area contributed by atoms with Crippen LogP contribution in [0.3, 0.4) is 0 Å². The smallest absolute Gasteiger partial charge is 0.452 e. The Balaban J connectivity index is 1.88. The molecule has 9 heteroatoms. The van der Waals surface area contributed by atoms with Crippen molar-refractivity contribution < 1.29 is 36.6 Å². The second-order valence-corrected chi connectivity index (χ2v) is 5.47. The van der Waals surface area contributed by atoms with Crippen molar-refractivity contribution in [3.05, 3.63) is 65.0 Å². The maximum absolute atomic E-state index is 13.4. The van der Waals surface area contributed by atoms with E-state index in [4.69, 9.17) is 4.74 Å². The van der Waals surface area contributed by atoms with Crippen LogP contribution in [0.4, 0.5) is 17.6 Å². The van der Waals surface area contributed by atoms with Crippen LogP contribution in [0, 0.1) is 12.7 Å². The molecular weight excluding hydrogens is 370 g/mol. The monoisotopic (exact) mass is 385 g/mol.